The lowest BCUT2D eigenvalue weighted by Gasteiger charge is -2.36. The first kappa shape index (κ1) is 41.2. The van der Waals surface area contributed by atoms with Crippen molar-refractivity contribution >= 4 is 11.4 Å². The van der Waals surface area contributed by atoms with Crippen LogP contribution in [0.25, 0.3) is 0 Å². The molecule has 2 aliphatic rings. The van der Waals surface area contributed by atoms with E-state index in [0.717, 1.165) is 127 Å². The van der Waals surface area contributed by atoms with E-state index in [1.807, 2.05) is 24.3 Å². The number of benzene rings is 4. The predicted molar refractivity (Wildman–Crippen MR) is 232 cm³/mol. The molecule has 2 aliphatic heterocycles. The molecule has 0 amide bonds. The zero-order chi connectivity index (χ0) is 38.6. The number of nitrogens with zero attached hydrogens (tertiary/aromatic N) is 4. The number of ether oxygens (including phenoxy) is 4. The lowest BCUT2D eigenvalue weighted by molar-refractivity contribution is 0.260. The first-order valence-corrected chi connectivity index (χ1v) is 21.3. The Morgan fingerprint density at radius 3 is 1.23 bits per heavy atom. The van der Waals surface area contributed by atoms with Crippen molar-refractivity contribution in [2.24, 2.45) is 0 Å². The van der Waals surface area contributed by atoms with E-state index in [-0.39, 0.29) is 0 Å². The number of unbranched alkanes of at least 4 members (excludes halogenated alkanes) is 7. The van der Waals surface area contributed by atoms with Crippen molar-refractivity contribution in [3.05, 3.63) is 108 Å². The molecule has 0 saturated carbocycles. The molecule has 2 saturated heterocycles. The fourth-order valence-corrected chi connectivity index (χ4v) is 8.01. The van der Waals surface area contributed by atoms with Gasteiger partial charge in [0.05, 0.1) is 38.8 Å². The number of hydrogen-bond donors (Lipinski definition) is 0. The molecule has 8 nitrogen and oxygen atoms in total. The lowest BCUT2D eigenvalue weighted by atomic mass is 10.1. The summed E-state index contributed by atoms with van der Waals surface area (Å²) in [7, 11) is 3.51. The Labute approximate surface area is 337 Å². The third-order valence-corrected chi connectivity index (χ3v) is 11.4. The summed E-state index contributed by atoms with van der Waals surface area (Å²) < 4.78 is 23.5. The van der Waals surface area contributed by atoms with E-state index >= 15 is 0 Å². The molecule has 0 bridgehead atoms. The van der Waals surface area contributed by atoms with E-state index in [1.54, 1.807) is 14.2 Å². The monoisotopic (exact) mass is 763 g/mol. The second kappa shape index (κ2) is 23.0. The lowest BCUT2D eigenvalue weighted by Crippen LogP contribution is -2.47. The summed E-state index contributed by atoms with van der Waals surface area (Å²) in [6, 6.07) is 34.1. The van der Waals surface area contributed by atoms with E-state index in [1.165, 1.54) is 61.0 Å². The third kappa shape index (κ3) is 13.1. The second-order valence-corrected chi connectivity index (χ2v) is 15.3. The molecule has 8 heteroatoms. The highest BCUT2D eigenvalue weighted by molar-refractivity contribution is 5.59. The maximum atomic E-state index is 6.15. The number of rotatable bonds is 23. The number of para-hydroxylation sites is 4. The second-order valence-electron chi connectivity index (χ2n) is 15.3. The summed E-state index contributed by atoms with van der Waals surface area (Å²) >= 11 is 0. The van der Waals surface area contributed by atoms with Crippen LogP contribution in [0.4, 0.5) is 11.4 Å². The van der Waals surface area contributed by atoms with Crippen LogP contribution in [0.15, 0.2) is 97.1 Å². The van der Waals surface area contributed by atoms with Crippen molar-refractivity contribution in [3.8, 4) is 23.0 Å². The van der Waals surface area contributed by atoms with Gasteiger partial charge in [-0.3, -0.25) is 9.80 Å². The fraction of sp³-hybridized carbons (Fsp3) is 0.500. The highest BCUT2D eigenvalue weighted by Crippen LogP contribution is 2.30. The number of hydrogen-bond acceptors (Lipinski definition) is 8. The highest BCUT2D eigenvalue weighted by Gasteiger charge is 2.20. The Balaban J connectivity index is 0.746. The average molecular weight is 763 g/mol. The molecule has 4 aromatic carbocycles. The van der Waals surface area contributed by atoms with Crippen LogP contribution in [0.5, 0.6) is 23.0 Å². The van der Waals surface area contributed by atoms with Gasteiger partial charge >= 0.3 is 0 Å². The van der Waals surface area contributed by atoms with Crippen LogP contribution in [0.1, 0.15) is 62.5 Å². The van der Waals surface area contributed by atoms with Crippen molar-refractivity contribution < 1.29 is 18.9 Å². The van der Waals surface area contributed by atoms with Crippen molar-refractivity contribution in [3.63, 3.8) is 0 Å². The predicted octanol–water partition coefficient (Wildman–Crippen LogP) is 9.01. The molecule has 0 aromatic heterocycles. The van der Waals surface area contributed by atoms with Gasteiger partial charge in [-0.2, -0.15) is 0 Å². The minimum Gasteiger partial charge on any atom is -0.495 e. The Bertz CT molecular complexity index is 1580. The maximum absolute atomic E-state index is 6.15. The zero-order valence-corrected chi connectivity index (χ0v) is 34.2. The van der Waals surface area contributed by atoms with Crippen LogP contribution in [0.3, 0.4) is 0 Å². The first-order valence-electron chi connectivity index (χ1n) is 21.3. The van der Waals surface area contributed by atoms with Crippen LogP contribution >= 0.6 is 0 Å². The molecule has 0 unspecified atom stereocenters. The van der Waals surface area contributed by atoms with E-state index in [4.69, 9.17) is 18.9 Å². The van der Waals surface area contributed by atoms with Crippen molar-refractivity contribution in [2.75, 3.05) is 103 Å². The Hall–Kier alpha value is -4.40. The van der Waals surface area contributed by atoms with Gasteiger partial charge in [0.1, 0.15) is 23.0 Å². The van der Waals surface area contributed by atoms with Gasteiger partial charge in [-0.25, -0.2) is 0 Å². The summed E-state index contributed by atoms with van der Waals surface area (Å²) in [5.41, 5.74) is 5.12. The molecule has 6 rings (SSSR count). The van der Waals surface area contributed by atoms with Crippen molar-refractivity contribution in [2.45, 2.75) is 64.2 Å². The summed E-state index contributed by atoms with van der Waals surface area (Å²) in [5.74, 6) is 3.94. The molecule has 0 aliphatic carbocycles. The van der Waals surface area contributed by atoms with Crippen LogP contribution < -0.4 is 28.7 Å². The summed E-state index contributed by atoms with van der Waals surface area (Å²) in [4.78, 5) is 10.0. The zero-order valence-electron chi connectivity index (χ0n) is 34.2. The van der Waals surface area contributed by atoms with Gasteiger partial charge in [0, 0.05) is 65.4 Å². The van der Waals surface area contributed by atoms with Crippen LogP contribution in [-0.2, 0) is 12.8 Å². The quantitative estimate of drug-likeness (QED) is 0.0695. The molecule has 0 spiro atoms. The Kier molecular flexibility index (Phi) is 16.9. The van der Waals surface area contributed by atoms with E-state index in [2.05, 4.69) is 92.4 Å². The molecule has 302 valence electrons. The van der Waals surface area contributed by atoms with E-state index in [9.17, 15) is 0 Å². The molecule has 56 heavy (non-hydrogen) atoms. The molecule has 0 atom stereocenters. The molecule has 0 radical (unpaired) electrons. The molecular formula is C48H66N4O4. The highest BCUT2D eigenvalue weighted by atomic mass is 16.5. The summed E-state index contributed by atoms with van der Waals surface area (Å²) in [6.07, 6.45) is 12.0. The van der Waals surface area contributed by atoms with Gasteiger partial charge in [-0.1, -0.05) is 87.1 Å². The Morgan fingerprint density at radius 2 is 0.821 bits per heavy atom. The average Bonchev–Trinajstić information content (AvgIpc) is 3.26. The Morgan fingerprint density at radius 1 is 0.429 bits per heavy atom. The molecule has 4 aromatic rings. The fourth-order valence-electron chi connectivity index (χ4n) is 8.01. The SMILES string of the molecule is COc1ccccc1N1CCN(CCc2cccc(OCCCCCCCCCCOc3cccc(CCN4CCN(c5ccccc5OC)CC4)c3)c2)CC1. The van der Waals surface area contributed by atoms with Crippen LogP contribution in [-0.4, -0.2) is 103 Å². The van der Waals surface area contributed by atoms with Crippen molar-refractivity contribution in [1.82, 2.24) is 9.80 Å². The summed E-state index contributed by atoms with van der Waals surface area (Å²) in [5, 5.41) is 0. The standard InChI is InChI=1S/C48H66N4O4/c1-53-47-23-11-9-21-45(47)51-33-29-49(30-34-51)27-25-41-17-15-19-43(39-41)55-37-13-7-5-3-4-6-8-14-38-56-44-20-16-18-42(40-44)26-28-50-31-35-52(36-32-50)46-22-10-12-24-48(46)54-2/h9-12,15-24,39-40H,3-8,13-14,25-38H2,1-2H3. The van der Waals surface area contributed by atoms with Gasteiger partial charge in [0.15, 0.2) is 0 Å². The van der Waals surface area contributed by atoms with Gasteiger partial charge in [0.25, 0.3) is 0 Å². The van der Waals surface area contributed by atoms with E-state index < -0.39 is 0 Å². The number of anilines is 2. The third-order valence-electron chi connectivity index (χ3n) is 11.4. The van der Waals surface area contributed by atoms with Crippen LogP contribution in [0, 0.1) is 0 Å². The minimum absolute atomic E-state index is 0.800. The summed E-state index contributed by atoms with van der Waals surface area (Å²) in [6.45, 7) is 12.2. The minimum atomic E-state index is 0.800. The van der Waals surface area contributed by atoms with Gasteiger partial charge in [-0.15, -0.1) is 0 Å². The topological polar surface area (TPSA) is 49.9 Å². The largest absolute Gasteiger partial charge is 0.495 e. The normalized spacial score (nSPS) is 15.2. The van der Waals surface area contributed by atoms with Crippen LogP contribution in [0.2, 0.25) is 0 Å². The van der Waals surface area contributed by atoms with Gasteiger partial charge in [0.2, 0.25) is 0 Å². The molecule has 0 N–H and O–H groups in total. The van der Waals surface area contributed by atoms with E-state index in [0.29, 0.717) is 0 Å². The first-order chi connectivity index (χ1) is 27.7. The molecule has 2 fully saturated rings. The van der Waals surface area contributed by atoms with Gasteiger partial charge in [-0.05, 0) is 85.3 Å². The number of piperazine rings is 2. The number of methoxy groups -OCH3 is 2. The van der Waals surface area contributed by atoms with Gasteiger partial charge < -0.3 is 28.7 Å². The van der Waals surface area contributed by atoms with Crippen molar-refractivity contribution in [1.29, 1.82) is 0 Å². The maximum Gasteiger partial charge on any atom is 0.142 e. The smallest absolute Gasteiger partial charge is 0.142 e. The molecular weight excluding hydrogens is 697 g/mol. The molecule has 2 heterocycles.